The molecule has 1 aromatic rings. The molecule has 1 saturated carbocycles. The molecule has 1 aromatic heterocycles. The summed E-state index contributed by atoms with van der Waals surface area (Å²) in [5.74, 6) is 0.00849. The summed E-state index contributed by atoms with van der Waals surface area (Å²) >= 11 is 0. The molecule has 0 radical (unpaired) electrons. The van der Waals surface area contributed by atoms with E-state index < -0.39 is 5.91 Å². The molecule has 3 N–H and O–H groups in total. The fraction of sp³-hybridized carbons (Fsp3) is 0.611. The SMILES string of the molecule is CCC(C)(C)C1CCC(NC(=O)c2ccc(C(N)=O)cn2)CC1. The van der Waals surface area contributed by atoms with Crippen LogP contribution in [0.5, 0.6) is 0 Å². The van der Waals surface area contributed by atoms with Gasteiger partial charge in [-0.3, -0.25) is 14.6 Å². The van der Waals surface area contributed by atoms with Crippen molar-refractivity contribution < 1.29 is 9.59 Å². The Balaban J connectivity index is 1.88. The van der Waals surface area contributed by atoms with E-state index in [2.05, 4.69) is 31.1 Å². The average molecular weight is 317 g/mol. The normalized spacial score (nSPS) is 21.7. The minimum atomic E-state index is -0.540. The minimum Gasteiger partial charge on any atom is -0.366 e. The zero-order chi connectivity index (χ0) is 17.0. The molecular weight excluding hydrogens is 290 g/mol. The summed E-state index contributed by atoms with van der Waals surface area (Å²) in [6.45, 7) is 6.91. The number of nitrogens with two attached hydrogens (primary N) is 1. The number of carbonyl (C=O) groups excluding carboxylic acids is 2. The Morgan fingerprint density at radius 2 is 1.91 bits per heavy atom. The van der Waals surface area contributed by atoms with Crippen molar-refractivity contribution in [3.63, 3.8) is 0 Å². The summed E-state index contributed by atoms with van der Waals surface area (Å²) in [7, 11) is 0. The minimum absolute atomic E-state index is 0.181. The lowest BCUT2D eigenvalue weighted by Gasteiger charge is -2.39. The van der Waals surface area contributed by atoms with Crippen LogP contribution >= 0.6 is 0 Å². The molecule has 0 spiro atoms. The van der Waals surface area contributed by atoms with Gasteiger partial charge in [0.05, 0.1) is 5.56 Å². The van der Waals surface area contributed by atoms with E-state index in [-0.39, 0.29) is 11.9 Å². The maximum absolute atomic E-state index is 12.2. The molecule has 1 fully saturated rings. The predicted molar refractivity (Wildman–Crippen MR) is 90.0 cm³/mol. The third-order valence-electron chi connectivity index (χ3n) is 5.36. The largest absolute Gasteiger partial charge is 0.366 e. The van der Waals surface area contributed by atoms with Crippen molar-refractivity contribution >= 4 is 11.8 Å². The van der Waals surface area contributed by atoms with Crippen LogP contribution in [0.4, 0.5) is 0 Å². The van der Waals surface area contributed by atoms with Crippen molar-refractivity contribution in [2.24, 2.45) is 17.1 Å². The highest BCUT2D eigenvalue weighted by Gasteiger charge is 2.32. The monoisotopic (exact) mass is 317 g/mol. The summed E-state index contributed by atoms with van der Waals surface area (Å²) in [5.41, 5.74) is 6.18. The van der Waals surface area contributed by atoms with E-state index in [9.17, 15) is 9.59 Å². The van der Waals surface area contributed by atoms with Gasteiger partial charge in [-0.25, -0.2) is 0 Å². The van der Waals surface area contributed by atoms with Crippen molar-refractivity contribution in [3.8, 4) is 0 Å². The topological polar surface area (TPSA) is 85.1 Å². The van der Waals surface area contributed by atoms with Gasteiger partial charge < -0.3 is 11.1 Å². The maximum Gasteiger partial charge on any atom is 0.270 e. The third-order valence-corrected chi connectivity index (χ3v) is 5.36. The number of rotatable bonds is 5. The average Bonchev–Trinajstić information content (AvgIpc) is 2.55. The molecule has 2 rings (SSSR count). The lowest BCUT2D eigenvalue weighted by atomic mass is 9.69. The highest BCUT2D eigenvalue weighted by atomic mass is 16.2. The molecule has 1 aliphatic carbocycles. The van der Waals surface area contributed by atoms with E-state index in [1.165, 1.54) is 18.7 Å². The third kappa shape index (κ3) is 4.30. The molecule has 2 amide bonds. The first kappa shape index (κ1) is 17.4. The number of hydrogen-bond donors (Lipinski definition) is 2. The van der Waals surface area contributed by atoms with Gasteiger partial charge in [-0.1, -0.05) is 27.2 Å². The second-order valence-corrected chi connectivity index (χ2v) is 7.16. The zero-order valence-electron chi connectivity index (χ0n) is 14.3. The molecule has 126 valence electrons. The first-order valence-corrected chi connectivity index (χ1v) is 8.40. The lowest BCUT2D eigenvalue weighted by molar-refractivity contribution is 0.0887. The molecule has 5 heteroatoms. The van der Waals surface area contributed by atoms with Gasteiger partial charge in [0.15, 0.2) is 0 Å². The van der Waals surface area contributed by atoms with Crippen molar-refractivity contribution in [3.05, 3.63) is 29.6 Å². The lowest BCUT2D eigenvalue weighted by Crippen LogP contribution is -2.40. The Kier molecular flexibility index (Phi) is 5.39. The Labute approximate surface area is 138 Å². The molecule has 5 nitrogen and oxygen atoms in total. The number of amides is 2. The molecule has 0 bridgehead atoms. The van der Waals surface area contributed by atoms with E-state index in [4.69, 9.17) is 5.73 Å². The molecule has 0 atom stereocenters. The van der Waals surface area contributed by atoms with Gasteiger partial charge in [0.1, 0.15) is 5.69 Å². The van der Waals surface area contributed by atoms with Gasteiger partial charge in [0.25, 0.3) is 5.91 Å². The number of carbonyl (C=O) groups is 2. The fourth-order valence-electron chi connectivity index (χ4n) is 3.24. The number of aromatic nitrogens is 1. The first-order valence-electron chi connectivity index (χ1n) is 8.40. The second-order valence-electron chi connectivity index (χ2n) is 7.16. The number of nitrogens with zero attached hydrogens (tertiary/aromatic N) is 1. The van der Waals surface area contributed by atoms with Crippen molar-refractivity contribution in [1.82, 2.24) is 10.3 Å². The van der Waals surface area contributed by atoms with Crippen LogP contribution in [0.25, 0.3) is 0 Å². The molecule has 1 heterocycles. The smallest absolute Gasteiger partial charge is 0.270 e. The van der Waals surface area contributed by atoms with Crippen LogP contribution in [0.3, 0.4) is 0 Å². The van der Waals surface area contributed by atoms with E-state index >= 15 is 0 Å². The van der Waals surface area contributed by atoms with E-state index in [1.54, 1.807) is 6.07 Å². The second kappa shape index (κ2) is 7.11. The number of hydrogen-bond acceptors (Lipinski definition) is 3. The Morgan fingerprint density at radius 1 is 1.26 bits per heavy atom. The standard InChI is InChI=1S/C18H27N3O2/c1-4-18(2,3)13-6-8-14(9-7-13)21-17(23)15-10-5-12(11-20-15)16(19)22/h5,10-11,13-14H,4,6-9H2,1-3H3,(H2,19,22)(H,21,23). The summed E-state index contributed by atoms with van der Waals surface area (Å²) in [6, 6.07) is 3.29. The molecule has 0 saturated heterocycles. The van der Waals surface area contributed by atoms with Gasteiger partial charge in [0.2, 0.25) is 5.91 Å². The summed E-state index contributed by atoms with van der Waals surface area (Å²) in [4.78, 5) is 27.3. The highest BCUT2D eigenvalue weighted by Crippen LogP contribution is 2.40. The molecule has 23 heavy (non-hydrogen) atoms. The molecule has 0 unspecified atom stereocenters. The van der Waals surface area contributed by atoms with E-state index in [1.807, 2.05) is 0 Å². The quantitative estimate of drug-likeness (QED) is 0.875. The van der Waals surface area contributed by atoms with Crippen molar-refractivity contribution in [1.29, 1.82) is 0 Å². The van der Waals surface area contributed by atoms with Crippen LogP contribution in [-0.2, 0) is 0 Å². The fourth-order valence-corrected chi connectivity index (χ4v) is 3.24. The number of primary amides is 1. The number of nitrogens with one attached hydrogen (secondary N) is 1. The van der Waals surface area contributed by atoms with Crippen molar-refractivity contribution in [2.45, 2.75) is 58.9 Å². The van der Waals surface area contributed by atoms with Gasteiger partial charge >= 0.3 is 0 Å². The van der Waals surface area contributed by atoms with Gasteiger partial charge in [-0.05, 0) is 49.1 Å². The first-order chi connectivity index (χ1) is 10.8. The molecule has 1 aliphatic rings. The Bertz CT molecular complexity index is 558. The van der Waals surface area contributed by atoms with E-state index in [0.717, 1.165) is 31.6 Å². The summed E-state index contributed by atoms with van der Waals surface area (Å²) in [5, 5.41) is 3.06. The molecular formula is C18H27N3O2. The van der Waals surface area contributed by atoms with Crippen LogP contribution in [-0.4, -0.2) is 22.8 Å². The van der Waals surface area contributed by atoms with Gasteiger partial charge in [-0.2, -0.15) is 0 Å². The summed E-state index contributed by atoms with van der Waals surface area (Å²) < 4.78 is 0. The van der Waals surface area contributed by atoms with Crippen LogP contribution < -0.4 is 11.1 Å². The zero-order valence-corrected chi connectivity index (χ0v) is 14.3. The molecule has 0 aromatic carbocycles. The summed E-state index contributed by atoms with van der Waals surface area (Å²) in [6.07, 6.45) is 6.86. The van der Waals surface area contributed by atoms with Gasteiger partial charge in [-0.15, -0.1) is 0 Å². The van der Waals surface area contributed by atoms with Gasteiger partial charge in [0, 0.05) is 12.2 Å². The molecule has 0 aliphatic heterocycles. The van der Waals surface area contributed by atoms with Crippen LogP contribution in [0.15, 0.2) is 18.3 Å². The van der Waals surface area contributed by atoms with Crippen LogP contribution in [0.2, 0.25) is 0 Å². The maximum atomic E-state index is 12.2. The van der Waals surface area contributed by atoms with Crippen LogP contribution in [0, 0.1) is 11.3 Å². The predicted octanol–water partition coefficient (Wildman–Crippen LogP) is 2.91. The Morgan fingerprint density at radius 3 is 2.39 bits per heavy atom. The number of pyridine rings is 1. The Hall–Kier alpha value is -1.91. The van der Waals surface area contributed by atoms with Crippen LogP contribution in [0.1, 0.15) is 73.7 Å². The highest BCUT2D eigenvalue weighted by molar-refractivity contribution is 5.95. The van der Waals surface area contributed by atoms with E-state index in [0.29, 0.717) is 16.7 Å². The van der Waals surface area contributed by atoms with Crippen molar-refractivity contribution in [2.75, 3.05) is 0 Å².